The van der Waals surface area contributed by atoms with Gasteiger partial charge in [-0.1, -0.05) is 238 Å². The average molecular weight is 833 g/mol. The fourth-order valence-electron chi connectivity index (χ4n) is 7.79. The zero-order valence-corrected chi connectivity index (χ0v) is 39.8. The van der Waals surface area contributed by atoms with Gasteiger partial charge < -0.3 is 14.2 Å². The van der Waals surface area contributed by atoms with Crippen LogP contribution in [-0.4, -0.2) is 37.2 Å². The summed E-state index contributed by atoms with van der Waals surface area (Å²) in [6.45, 7) is 6.66. The molecule has 0 amide bonds. The first-order valence-corrected chi connectivity index (χ1v) is 26.2. The molecular weight excluding hydrogens is 733 g/mol. The minimum atomic E-state index is -0.766. The topological polar surface area (TPSA) is 78.9 Å². The van der Waals surface area contributed by atoms with Gasteiger partial charge in [0, 0.05) is 19.3 Å². The third kappa shape index (κ3) is 47.1. The summed E-state index contributed by atoms with van der Waals surface area (Å²) in [4.78, 5) is 37.9. The summed E-state index contributed by atoms with van der Waals surface area (Å²) in [7, 11) is 0. The summed E-state index contributed by atoms with van der Waals surface area (Å²) in [5, 5.41) is 0. The van der Waals surface area contributed by atoms with Crippen molar-refractivity contribution in [3.8, 4) is 0 Å². The van der Waals surface area contributed by atoms with Crippen molar-refractivity contribution in [2.24, 2.45) is 0 Å². The van der Waals surface area contributed by atoms with Gasteiger partial charge in [-0.2, -0.15) is 0 Å². The van der Waals surface area contributed by atoms with E-state index in [0.29, 0.717) is 19.3 Å². The van der Waals surface area contributed by atoms with E-state index in [0.717, 1.165) is 64.2 Å². The minimum Gasteiger partial charge on any atom is -0.462 e. The molecule has 0 spiro atoms. The van der Waals surface area contributed by atoms with Gasteiger partial charge in [0.25, 0.3) is 0 Å². The molecule has 0 saturated carbocycles. The molecule has 0 aliphatic heterocycles. The first kappa shape index (κ1) is 57.1. The first-order valence-electron chi connectivity index (χ1n) is 26.2. The summed E-state index contributed by atoms with van der Waals surface area (Å²) in [5.41, 5.74) is 0. The summed E-state index contributed by atoms with van der Waals surface area (Å²) < 4.78 is 16.8. The van der Waals surface area contributed by atoms with E-state index in [2.05, 4.69) is 32.9 Å². The van der Waals surface area contributed by atoms with Crippen molar-refractivity contribution in [3.05, 3.63) is 12.2 Å². The molecule has 0 aliphatic carbocycles. The Bertz CT molecular complexity index is 916. The summed E-state index contributed by atoms with van der Waals surface area (Å²) in [6.07, 6.45) is 53.3. The van der Waals surface area contributed by atoms with Gasteiger partial charge >= 0.3 is 17.9 Å². The van der Waals surface area contributed by atoms with E-state index in [4.69, 9.17) is 14.2 Å². The van der Waals surface area contributed by atoms with Crippen LogP contribution in [-0.2, 0) is 28.6 Å². The van der Waals surface area contributed by atoms with Crippen LogP contribution in [0.1, 0.15) is 290 Å². The maximum atomic E-state index is 12.8. The van der Waals surface area contributed by atoms with Gasteiger partial charge in [-0.3, -0.25) is 14.4 Å². The van der Waals surface area contributed by atoms with Crippen molar-refractivity contribution in [3.63, 3.8) is 0 Å². The second kappa shape index (κ2) is 48.8. The summed E-state index contributed by atoms with van der Waals surface area (Å²) in [6, 6.07) is 0. The predicted octanol–water partition coefficient (Wildman–Crippen LogP) is 17.0. The Hall–Kier alpha value is -1.85. The number of carbonyl (C=O) groups excluding carboxylic acids is 3. The molecular formula is C53H100O6. The number of rotatable bonds is 48. The van der Waals surface area contributed by atoms with E-state index in [9.17, 15) is 14.4 Å². The second-order valence-electron chi connectivity index (χ2n) is 17.8. The molecule has 0 aliphatic rings. The van der Waals surface area contributed by atoms with Crippen LogP contribution in [0.25, 0.3) is 0 Å². The van der Waals surface area contributed by atoms with Gasteiger partial charge in [0.1, 0.15) is 13.2 Å². The fourth-order valence-corrected chi connectivity index (χ4v) is 7.79. The van der Waals surface area contributed by atoms with Crippen molar-refractivity contribution in [1.82, 2.24) is 0 Å². The van der Waals surface area contributed by atoms with Crippen molar-refractivity contribution in [1.29, 1.82) is 0 Å². The number of esters is 3. The standard InChI is InChI=1S/C53H100O6/c1-4-7-10-13-16-19-22-25-26-27-29-31-34-37-40-43-46-52(55)58-49-50(48-57-51(54)45-42-39-36-33-30-24-21-18-15-12-9-6-3)59-53(56)47-44-41-38-35-32-28-23-20-17-14-11-8-5-2/h26-27,50H,4-25,28-49H2,1-3H3/b27-26-/t50-/m1/s1. The smallest absolute Gasteiger partial charge is 0.306 e. The molecule has 0 aromatic carbocycles. The van der Waals surface area contributed by atoms with Gasteiger partial charge in [0.15, 0.2) is 6.10 Å². The van der Waals surface area contributed by atoms with Gasteiger partial charge in [-0.15, -0.1) is 0 Å². The predicted molar refractivity (Wildman–Crippen MR) is 252 cm³/mol. The van der Waals surface area contributed by atoms with Crippen LogP contribution in [0.15, 0.2) is 12.2 Å². The largest absolute Gasteiger partial charge is 0.462 e. The number of unbranched alkanes of at least 4 members (excludes halogenated alkanes) is 35. The van der Waals surface area contributed by atoms with E-state index in [-0.39, 0.29) is 31.1 Å². The van der Waals surface area contributed by atoms with Gasteiger partial charge in [0.05, 0.1) is 0 Å². The molecule has 6 heteroatoms. The SMILES string of the molecule is CCCCCCCCC/C=C\CCCCCCCC(=O)OC[C@@H](COC(=O)CCCCCCCCCCCCCC)OC(=O)CCCCCCCCCCCCCCC. The van der Waals surface area contributed by atoms with Crippen LogP contribution in [0.4, 0.5) is 0 Å². The average Bonchev–Trinajstić information content (AvgIpc) is 3.23. The minimum absolute atomic E-state index is 0.0673. The Morgan fingerprint density at radius 1 is 0.322 bits per heavy atom. The van der Waals surface area contributed by atoms with Crippen LogP contribution in [0, 0.1) is 0 Å². The Morgan fingerprint density at radius 2 is 0.559 bits per heavy atom. The Balaban J connectivity index is 4.32. The third-order valence-electron chi connectivity index (χ3n) is 11.8. The summed E-state index contributed by atoms with van der Waals surface area (Å²) >= 11 is 0. The zero-order chi connectivity index (χ0) is 43.0. The van der Waals surface area contributed by atoms with Crippen molar-refractivity contribution < 1.29 is 28.6 Å². The molecule has 0 heterocycles. The maximum Gasteiger partial charge on any atom is 0.306 e. The normalized spacial score (nSPS) is 12.0. The lowest BCUT2D eigenvalue weighted by molar-refractivity contribution is -0.167. The lowest BCUT2D eigenvalue weighted by atomic mass is 10.0. The van der Waals surface area contributed by atoms with E-state index >= 15 is 0 Å². The van der Waals surface area contributed by atoms with E-state index in [1.54, 1.807) is 0 Å². The lowest BCUT2D eigenvalue weighted by Gasteiger charge is -2.18. The molecule has 0 aromatic rings. The zero-order valence-electron chi connectivity index (χ0n) is 39.8. The van der Waals surface area contributed by atoms with Crippen LogP contribution >= 0.6 is 0 Å². The molecule has 0 bridgehead atoms. The van der Waals surface area contributed by atoms with Crippen LogP contribution in [0.3, 0.4) is 0 Å². The molecule has 0 rings (SSSR count). The van der Waals surface area contributed by atoms with Crippen LogP contribution in [0.2, 0.25) is 0 Å². The molecule has 0 N–H and O–H groups in total. The van der Waals surface area contributed by atoms with Crippen LogP contribution < -0.4 is 0 Å². The van der Waals surface area contributed by atoms with E-state index < -0.39 is 6.10 Å². The number of carbonyl (C=O) groups is 3. The number of hydrogen-bond donors (Lipinski definition) is 0. The molecule has 0 saturated heterocycles. The monoisotopic (exact) mass is 833 g/mol. The van der Waals surface area contributed by atoms with E-state index in [1.165, 1.54) is 186 Å². The number of hydrogen-bond acceptors (Lipinski definition) is 6. The number of allylic oxidation sites excluding steroid dienone is 2. The molecule has 0 aromatic heterocycles. The molecule has 6 nitrogen and oxygen atoms in total. The van der Waals surface area contributed by atoms with Gasteiger partial charge in [0.2, 0.25) is 0 Å². The molecule has 1 atom stereocenters. The Morgan fingerprint density at radius 3 is 0.847 bits per heavy atom. The third-order valence-corrected chi connectivity index (χ3v) is 11.8. The highest BCUT2D eigenvalue weighted by Crippen LogP contribution is 2.16. The molecule has 348 valence electrons. The molecule has 0 unspecified atom stereocenters. The fraction of sp³-hybridized carbons (Fsp3) is 0.906. The molecule has 0 fully saturated rings. The van der Waals surface area contributed by atoms with E-state index in [1.807, 2.05) is 0 Å². The van der Waals surface area contributed by atoms with Crippen molar-refractivity contribution >= 4 is 17.9 Å². The van der Waals surface area contributed by atoms with Gasteiger partial charge in [-0.05, 0) is 44.9 Å². The molecule has 0 radical (unpaired) electrons. The van der Waals surface area contributed by atoms with Crippen LogP contribution in [0.5, 0.6) is 0 Å². The molecule has 59 heavy (non-hydrogen) atoms. The quantitative estimate of drug-likeness (QED) is 0.0263. The maximum absolute atomic E-state index is 12.8. The first-order chi connectivity index (χ1) is 29.0. The van der Waals surface area contributed by atoms with Crippen molar-refractivity contribution in [2.75, 3.05) is 13.2 Å². The Labute approximate surface area is 367 Å². The highest BCUT2D eigenvalue weighted by molar-refractivity contribution is 5.71. The number of ether oxygens (including phenoxy) is 3. The highest BCUT2D eigenvalue weighted by Gasteiger charge is 2.19. The van der Waals surface area contributed by atoms with Crippen molar-refractivity contribution in [2.45, 2.75) is 297 Å². The highest BCUT2D eigenvalue weighted by atomic mass is 16.6. The second-order valence-corrected chi connectivity index (χ2v) is 17.8. The van der Waals surface area contributed by atoms with Gasteiger partial charge in [-0.25, -0.2) is 0 Å². The summed E-state index contributed by atoms with van der Waals surface area (Å²) in [5.74, 6) is -0.859. The lowest BCUT2D eigenvalue weighted by Crippen LogP contribution is -2.30. The Kier molecular flexibility index (Phi) is 47.3.